The Balaban J connectivity index is 2.80. The van der Waals surface area contributed by atoms with Gasteiger partial charge in [0.25, 0.3) is 0 Å². The van der Waals surface area contributed by atoms with Crippen LogP contribution < -0.4 is 16.4 Å². The van der Waals surface area contributed by atoms with Crippen LogP contribution in [-0.2, 0) is 0 Å². The van der Waals surface area contributed by atoms with Crippen LogP contribution in [0, 0.1) is 0 Å². The van der Waals surface area contributed by atoms with Crippen LogP contribution in [-0.4, -0.2) is 33.8 Å². The van der Waals surface area contributed by atoms with Gasteiger partial charge in [0.2, 0.25) is 0 Å². The first kappa shape index (κ1) is 11.7. The number of rotatable bonds is 1. The molecular formula is C12H7B3O2. The second kappa shape index (κ2) is 4.25. The van der Waals surface area contributed by atoms with E-state index < -0.39 is 0 Å². The molecule has 0 bridgehead atoms. The molecule has 5 heteroatoms. The molecule has 17 heavy (non-hydrogen) atoms. The summed E-state index contributed by atoms with van der Waals surface area (Å²) in [6.45, 7) is 0. The average Bonchev–Trinajstić information content (AvgIpc) is 2.36. The van der Waals surface area contributed by atoms with Crippen LogP contribution in [0.5, 0.6) is 11.5 Å². The van der Waals surface area contributed by atoms with E-state index in [1.54, 1.807) is 24.3 Å². The van der Waals surface area contributed by atoms with Crippen LogP contribution in [0.3, 0.4) is 0 Å². The van der Waals surface area contributed by atoms with Crippen molar-refractivity contribution in [3.8, 4) is 22.6 Å². The van der Waals surface area contributed by atoms with Crippen molar-refractivity contribution in [3.05, 3.63) is 30.3 Å². The molecule has 0 heterocycles. The monoisotopic (exact) mass is 216 g/mol. The molecule has 0 spiro atoms. The van der Waals surface area contributed by atoms with Crippen LogP contribution in [0.2, 0.25) is 0 Å². The standard InChI is InChI=1S/C12H7B3O2/c13-8-7(6-4-2-1-3-5-6)11(16)10(15)12(17)9(8)14/h1-5,16-17H. The number of hydrogen-bond donors (Lipinski definition) is 2. The third-order valence-electron chi connectivity index (χ3n) is 2.62. The van der Waals surface area contributed by atoms with E-state index >= 15 is 0 Å². The van der Waals surface area contributed by atoms with Crippen molar-refractivity contribution in [2.45, 2.75) is 0 Å². The molecule has 2 nitrogen and oxygen atoms in total. The lowest BCUT2D eigenvalue weighted by atomic mass is 9.71. The molecule has 2 N–H and O–H groups in total. The normalized spacial score (nSPS) is 10.4. The first-order valence-electron chi connectivity index (χ1n) is 4.97. The molecule has 2 rings (SSSR count). The second-order valence-corrected chi connectivity index (χ2v) is 3.68. The highest BCUT2D eigenvalue weighted by molar-refractivity contribution is 6.55. The summed E-state index contributed by atoms with van der Waals surface area (Å²) in [5.74, 6) is -0.653. The number of phenols is 2. The Kier molecular flexibility index (Phi) is 2.92. The van der Waals surface area contributed by atoms with E-state index in [4.69, 9.17) is 23.5 Å². The molecule has 76 valence electrons. The van der Waals surface area contributed by atoms with Crippen molar-refractivity contribution in [1.29, 1.82) is 0 Å². The second-order valence-electron chi connectivity index (χ2n) is 3.68. The van der Waals surface area contributed by atoms with Gasteiger partial charge in [-0.25, -0.2) is 0 Å². The minimum atomic E-state index is -0.389. The van der Waals surface area contributed by atoms with E-state index in [9.17, 15) is 10.2 Å². The zero-order chi connectivity index (χ0) is 12.6. The molecule has 0 saturated carbocycles. The summed E-state index contributed by atoms with van der Waals surface area (Å²) in [5, 5.41) is 19.5. The zero-order valence-electron chi connectivity index (χ0n) is 9.01. The molecule has 0 aliphatic carbocycles. The van der Waals surface area contributed by atoms with Crippen molar-refractivity contribution in [2.24, 2.45) is 0 Å². The number of phenolic OH excluding ortho intramolecular Hbond substituents is 2. The van der Waals surface area contributed by atoms with E-state index in [1.165, 1.54) is 0 Å². The van der Waals surface area contributed by atoms with Gasteiger partial charge in [-0.15, -0.1) is 0 Å². The maximum atomic E-state index is 9.92. The van der Waals surface area contributed by atoms with E-state index in [-0.39, 0.29) is 27.9 Å². The minimum Gasteiger partial charge on any atom is -0.509 e. The lowest BCUT2D eigenvalue weighted by Gasteiger charge is -2.17. The van der Waals surface area contributed by atoms with Crippen LogP contribution in [0.25, 0.3) is 11.1 Å². The topological polar surface area (TPSA) is 40.5 Å². The predicted molar refractivity (Wildman–Crippen MR) is 71.4 cm³/mol. The maximum absolute atomic E-state index is 9.92. The van der Waals surface area contributed by atoms with Gasteiger partial charge in [-0.05, 0) is 11.0 Å². The Morgan fingerprint density at radius 3 is 1.88 bits per heavy atom. The van der Waals surface area contributed by atoms with Crippen LogP contribution in [0.15, 0.2) is 30.3 Å². The van der Waals surface area contributed by atoms with Gasteiger partial charge in [-0.2, -0.15) is 0 Å². The molecule has 6 radical (unpaired) electrons. The Morgan fingerprint density at radius 2 is 1.29 bits per heavy atom. The van der Waals surface area contributed by atoms with Crippen molar-refractivity contribution in [3.63, 3.8) is 0 Å². The van der Waals surface area contributed by atoms with Crippen molar-refractivity contribution >= 4 is 39.9 Å². The Hall–Kier alpha value is -1.77. The first-order valence-corrected chi connectivity index (χ1v) is 4.97. The van der Waals surface area contributed by atoms with Crippen LogP contribution in [0.1, 0.15) is 0 Å². The van der Waals surface area contributed by atoms with Gasteiger partial charge in [0.05, 0.1) is 0 Å². The molecule has 0 amide bonds. The summed E-state index contributed by atoms with van der Waals surface area (Å²) in [5.41, 5.74) is 0.925. The SMILES string of the molecule is [B]c1c([B])c(-c2ccccc2)c(O)c([B])c1O. The highest BCUT2D eigenvalue weighted by atomic mass is 16.3. The van der Waals surface area contributed by atoms with Crippen LogP contribution in [0.4, 0.5) is 0 Å². The molecular weight excluding hydrogens is 209 g/mol. The summed E-state index contributed by atoms with van der Waals surface area (Å²) >= 11 is 0. The molecule has 0 aliphatic rings. The molecule has 0 saturated heterocycles. The number of aromatic hydroxyl groups is 2. The summed E-state index contributed by atoms with van der Waals surface area (Å²) in [6.07, 6.45) is 0. The largest absolute Gasteiger partial charge is 0.509 e. The molecule has 0 atom stereocenters. The summed E-state index contributed by atoms with van der Waals surface area (Å²) in [4.78, 5) is 0. The minimum absolute atomic E-state index is 0.0286. The zero-order valence-corrected chi connectivity index (χ0v) is 9.01. The highest BCUT2D eigenvalue weighted by Gasteiger charge is 2.15. The summed E-state index contributed by atoms with van der Waals surface area (Å²) < 4.78 is 0. The van der Waals surface area contributed by atoms with E-state index in [0.29, 0.717) is 11.1 Å². The van der Waals surface area contributed by atoms with E-state index in [2.05, 4.69) is 0 Å². The number of benzene rings is 2. The maximum Gasteiger partial charge on any atom is 0.124 e. The van der Waals surface area contributed by atoms with Crippen molar-refractivity contribution in [1.82, 2.24) is 0 Å². The van der Waals surface area contributed by atoms with Crippen molar-refractivity contribution in [2.75, 3.05) is 0 Å². The summed E-state index contributed by atoms with van der Waals surface area (Å²) in [7, 11) is 17.0. The molecule has 0 aromatic heterocycles. The van der Waals surface area contributed by atoms with Gasteiger partial charge in [-0.1, -0.05) is 41.3 Å². The van der Waals surface area contributed by atoms with Gasteiger partial charge in [-0.3, -0.25) is 0 Å². The smallest absolute Gasteiger partial charge is 0.124 e. The Bertz CT molecular complexity index is 539. The van der Waals surface area contributed by atoms with Gasteiger partial charge in [0.15, 0.2) is 0 Å². The molecule has 2 aromatic rings. The fourth-order valence-electron chi connectivity index (χ4n) is 1.68. The molecule has 0 unspecified atom stereocenters. The third-order valence-corrected chi connectivity index (χ3v) is 2.62. The Morgan fingerprint density at radius 1 is 0.706 bits per heavy atom. The predicted octanol–water partition coefficient (Wildman–Crippen LogP) is -0.854. The van der Waals surface area contributed by atoms with E-state index in [0.717, 1.165) is 0 Å². The van der Waals surface area contributed by atoms with Crippen molar-refractivity contribution < 1.29 is 10.2 Å². The lowest BCUT2D eigenvalue weighted by Crippen LogP contribution is -2.32. The third kappa shape index (κ3) is 1.82. The molecule has 0 fully saturated rings. The van der Waals surface area contributed by atoms with Crippen LogP contribution >= 0.6 is 0 Å². The van der Waals surface area contributed by atoms with Gasteiger partial charge in [0, 0.05) is 5.56 Å². The first-order chi connectivity index (χ1) is 8.04. The van der Waals surface area contributed by atoms with Gasteiger partial charge in [0.1, 0.15) is 35.0 Å². The fraction of sp³-hybridized carbons (Fsp3) is 0. The highest BCUT2D eigenvalue weighted by Crippen LogP contribution is 2.26. The number of hydrogen-bond acceptors (Lipinski definition) is 2. The van der Waals surface area contributed by atoms with E-state index in [1.807, 2.05) is 6.07 Å². The summed E-state index contributed by atoms with van der Waals surface area (Å²) in [6, 6.07) is 8.97. The molecule has 2 aromatic carbocycles. The van der Waals surface area contributed by atoms with Gasteiger partial charge < -0.3 is 10.2 Å². The lowest BCUT2D eigenvalue weighted by molar-refractivity contribution is 0.463. The average molecular weight is 216 g/mol. The fourth-order valence-corrected chi connectivity index (χ4v) is 1.68. The molecule has 0 aliphatic heterocycles. The Labute approximate surface area is 104 Å². The quantitative estimate of drug-likeness (QED) is 0.609. The van der Waals surface area contributed by atoms with Gasteiger partial charge >= 0.3 is 0 Å².